The molecule has 1 aliphatic heterocycles. The number of hydrogen-bond donors (Lipinski definition) is 0. The summed E-state index contributed by atoms with van der Waals surface area (Å²) in [5.41, 5.74) is 1.77. The molecule has 1 aliphatic rings. The number of anilines is 1. The van der Waals surface area contributed by atoms with Crippen molar-refractivity contribution in [1.82, 2.24) is 4.31 Å². The van der Waals surface area contributed by atoms with E-state index in [0.29, 0.717) is 30.8 Å². The predicted molar refractivity (Wildman–Crippen MR) is 103 cm³/mol. The van der Waals surface area contributed by atoms with Crippen LogP contribution in [0.3, 0.4) is 0 Å². The molecule has 2 aromatic carbocycles. The topological polar surface area (TPSA) is 57.7 Å². The third-order valence-corrected chi connectivity index (χ3v) is 6.80. The van der Waals surface area contributed by atoms with Crippen LogP contribution in [0.4, 0.5) is 5.69 Å². The Morgan fingerprint density at radius 2 is 1.69 bits per heavy atom. The van der Waals surface area contributed by atoms with Crippen LogP contribution in [-0.4, -0.2) is 38.8 Å². The summed E-state index contributed by atoms with van der Waals surface area (Å²) in [4.78, 5) is 14.7. The molecule has 1 heterocycles. The number of piperidine rings is 1. The normalized spacial score (nSPS) is 16.4. The largest absolute Gasteiger partial charge is 0.315 e. The second kappa shape index (κ2) is 7.60. The molecule has 138 valence electrons. The van der Waals surface area contributed by atoms with Crippen LogP contribution in [0.1, 0.15) is 18.4 Å². The molecule has 0 bridgehead atoms. The average Bonchev–Trinajstić information content (AvgIpc) is 2.67. The van der Waals surface area contributed by atoms with Gasteiger partial charge in [-0.15, -0.1) is 0 Å². The van der Waals surface area contributed by atoms with Gasteiger partial charge in [0.2, 0.25) is 15.9 Å². The Kier molecular flexibility index (Phi) is 5.44. The van der Waals surface area contributed by atoms with Crippen LogP contribution in [-0.2, 0) is 14.8 Å². The fourth-order valence-electron chi connectivity index (χ4n) is 3.32. The van der Waals surface area contributed by atoms with Crippen molar-refractivity contribution >= 4 is 21.6 Å². The van der Waals surface area contributed by atoms with Crippen molar-refractivity contribution in [3.05, 3.63) is 60.2 Å². The molecule has 1 fully saturated rings. The summed E-state index contributed by atoms with van der Waals surface area (Å²) < 4.78 is 27.1. The van der Waals surface area contributed by atoms with Gasteiger partial charge in [0.15, 0.2) is 0 Å². The average molecular weight is 372 g/mol. The lowest BCUT2D eigenvalue weighted by Crippen LogP contribution is -2.43. The summed E-state index contributed by atoms with van der Waals surface area (Å²) in [5, 5.41) is 0. The molecule has 6 heteroatoms. The van der Waals surface area contributed by atoms with Crippen LogP contribution in [0.2, 0.25) is 0 Å². The highest BCUT2D eigenvalue weighted by Gasteiger charge is 2.33. The van der Waals surface area contributed by atoms with Crippen LogP contribution < -0.4 is 4.90 Å². The summed E-state index contributed by atoms with van der Waals surface area (Å²) in [6.45, 7) is 2.62. The predicted octanol–water partition coefficient (Wildman–Crippen LogP) is 3.06. The molecule has 0 aliphatic carbocycles. The van der Waals surface area contributed by atoms with Crippen molar-refractivity contribution in [2.24, 2.45) is 5.92 Å². The van der Waals surface area contributed by atoms with Gasteiger partial charge in [0.25, 0.3) is 0 Å². The smallest absolute Gasteiger partial charge is 0.243 e. The fraction of sp³-hybridized carbons (Fsp3) is 0.350. The Morgan fingerprint density at radius 3 is 2.31 bits per heavy atom. The third-order valence-electron chi connectivity index (χ3n) is 4.90. The van der Waals surface area contributed by atoms with Gasteiger partial charge in [-0.05, 0) is 49.6 Å². The second-order valence-corrected chi connectivity index (χ2v) is 8.67. The third kappa shape index (κ3) is 3.81. The van der Waals surface area contributed by atoms with Gasteiger partial charge in [0, 0.05) is 31.7 Å². The Labute approximate surface area is 155 Å². The van der Waals surface area contributed by atoms with E-state index in [2.05, 4.69) is 0 Å². The number of rotatable bonds is 4. The maximum absolute atomic E-state index is 12.8. The molecule has 0 saturated carbocycles. The van der Waals surface area contributed by atoms with Crippen molar-refractivity contribution in [3.63, 3.8) is 0 Å². The van der Waals surface area contributed by atoms with Gasteiger partial charge >= 0.3 is 0 Å². The van der Waals surface area contributed by atoms with Crippen LogP contribution in [0.5, 0.6) is 0 Å². The molecule has 1 saturated heterocycles. The highest BCUT2D eigenvalue weighted by Crippen LogP contribution is 2.26. The molecule has 0 unspecified atom stereocenters. The highest BCUT2D eigenvalue weighted by molar-refractivity contribution is 7.89. The summed E-state index contributed by atoms with van der Waals surface area (Å²) in [5.74, 6) is -0.104. The zero-order chi connectivity index (χ0) is 18.7. The van der Waals surface area contributed by atoms with E-state index in [9.17, 15) is 13.2 Å². The van der Waals surface area contributed by atoms with E-state index < -0.39 is 10.0 Å². The lowest BCUT2D eigenvalue weighted by molar-refractivity contribution is -0.123. The van der Waals surface area contributed by atoms with Crippen LogP contribution >= 0.6 is 0 Å². The number of benzene rings is 2. The molecule has 0 radical (unpaired) electrons. The van der Waals surface area contributed by atoms with Gasteiger partial charge in [0.1, 0.15) is 0 Å². The van der Waals surface area contributed by atoms with E-state index in [1.165, 1.54) is 4.31 Å². The monoisotopic (exact) mass is 372 g/mol. The Balaban J connectivity index is 1.66. The van der Waals surface area contributed by atoms with Gasteiger partial charge in [0.05, 0.1) is 4.90 Å². The Morgan fingerprint density at radius 1 is 1.04 bits per heavy atom. The number of sulfonamides is 1. The fourth-order valence-corrected chi connectivity index (χ4v) is 4.90. The molecule has 26 heavy (non-hydrogen) atoms. The first kappa shape index (κ1) is 18.6. The van der Waals surface area contributed by atoms with E-state index in [0.717, 1.165) is 11.3 Å². The van der Waals surface area contributed by atoms with Crippen molar-refractivity contribution in [3.8, 4) is 0 Å². The van der Waals surface area contributed by atoms with Gasteiger partial charge in [-0.3, -0.25) is 4.79 Å². The Hall–Kier alpha value is -2.18. The zero-order valence-electron chi connectivity index (χ0n) is 15.1. The van der Waals surface area contributed by atoms with Crippen LogP contribution in [0, 0.1) is 12.8 Å². The molecule has 1 amide bonds. The summed E-state index contributed by atoms with van der Waals surface area (Å²) in [6, 6.07) is 16.5. The van der Waals surface area contributed by atoms with Crippen LogP contribution in [0.25, 0.3) is 0 Å². The molecule has 3 rings (SSSR count). The number of aryl methyl sites for hydroxylation is 1. The number of hydrogen-bond acceptors (Lipinski definition) is 3. The molecule has 0 spiro atoms. The first-order valence-corrected chi connectivity index (χ1v) is 10.2. The standard InChI is InChI=1S/C20H24N2O3S/c1-16-7-6-10-19(15-16)26(24,25)22-13-11-17(12-14-22)20(23)21(2)18-8-4-3-5-9-18/h3-10,15,17H,11-14H2,1-2H3. The summed E-state index contributed by atoms with van der Waals surface area (Å²) in [6.07, 6.45) is 1.09. The maximum atomic E-state index is 12.8. The Bertz CT molecular complexity index is 873. The SMILES string of the molecule is Cc1cccc(S(=O)(=O)N2CCC(C(=O)N(C)c3ccccc3)CC2)c1. The number of carbonyl (C=O) groups excluding carboxylic acids is 1. The van der Waals surface area contributed by atoms with E-state index in [-0.39, 0.29) is 11.8 Å². The zero-order valence-corrected chi connectivity index (χ0v) is 15.9. The van der Waals surface area contributed by atoms with E-state index >= 15 is 0 Å². The molecule has 0 atom stereocenters. The minimum atomic E-state index is -3.50. The lowest BCUT2D eigenvalue weighted by Gasteiger charge is -2.32. The maximum Gasteiger partial charge on any atom is 0.243 e. The first-order valence-electron chi connectivity index (χ1n) is 8.79. The van der Waals surface area contributed by atoms with Gasteiger partial charge in [-0.25, -0.2) is 8.42 Å². The molecular formula is C20H24N2O3S. The molecular weight excluding hydrogens is 348 g/mol. The quantitative estimate of drug-likeness (QED) is 0.829. The van der Waals surface area contributed by atoms with Crippen molar-refractivity contribution in [1.29, 1.82) is 0 Å². The summed E-state index contributed by atoms with van der Waals surface area (Å²) in [7, 11) is -1.73. The highest BCUT2D eigenvalue weighted by atomic mass is 32.2. The van der Waals surface area contributed by atoms with E-state index in [4.69, 9.17) is 0 Å². The van der Waals surface area contributed by atoms with Gasteiger partial charge in [-0.1, -0.05) is 30.3 Å². The minimum absolute atomic E-state index is 0.0452. The number of para-hydroxylation sites is 1. The molecule has 2 aromatic rings. The van der Waals surface area contributed by atoms with Crippen molar-refractivity contribution in [2.45, 2.75) is 24.7 Å². The van der Waals surface area contributed by atoms with Crippen molar-refractivity contribution < 1.29 is 13.2 Å². The first-order chi connectivity index (χ1) is 12.4. The van der Waals surface area contributed by atoms with Crippen molar-refractivity contribution in [2.75, 3.05) is 25.0 Å². The van der Waals surface area contributed by atoms with E-state index in [1.807, 2.05) is 43.3 Å². The minimum Gasteiger partial charge on any atom is -0.315 e. The second-order valence-electron chi connectivity index (χ2n) is 6.73. The van der Waals surface area contributed by atoms with Gasteiger partial charge in [-0.2, -0.15) is 4.31 Å². The summed E-state index contributed by atoms with van der Waals surface area (Å²) >= 11 is 0. The van der Waals surface area contributed by atoms with Crippen LogP contribution in [0.15, 0.2) is 59.5 Å². The number of carbonyl (C=O) groups is 1. The lowest BCUT2D eigenvalue weighted by atomic mass is 9.96. The molecule has 0 N–H and O–H groups in total. The molecule has 5 nitrogen and oxygen atoms in total. The number of amides is 1. The number of nitrogens with zero attached hydrogens (tertiary/aromatic N) is 2. The molecule has 0 aromatic heterocycles. The van der Waals surface area contributed by atoms with Gasteiger partial charge < -0.3 is 4.90 Å². The van der Waals surface area contributed by atoms with E-state index in [1.54, 1.807) is 30.1 Å².